The van der Waals surface area contributed by atoms with Gasteiger partial charge in [0.15, 0.2) is 6.67 Å². The Bertz CT molecular complexity index is 941. The van der Waals surface area contributed by atoms with Crippen molar-refractivity contribution in [2.45, 2.75) is 56.8 Å². The van der Waals surface area contributed by atoms with Gasteiger partial charge in [-0.05, 0) is 25.3 Å². The summed E-state index contributed by atoms with van der Waals surface area (Å²) in [5.41, 5.74) is 0.905. The summed E-state index contributed by atoms with van der Waals surface area (Å²) in [7, 11) is 0. The van der Waals surface area contributed by atoms with Crippen molar-refractivity contribution in [3.8, 4) is 5.75 Å². The number of nitrogens with one attached hydrogen (secondary N) is 2. The molecule has 33 heavy (non-hydrogen) atoms. The number of benzene rings is 1. The molecule has 0 spiro atoms. The Morgan fingerprint density at radius 1 is 1.09 bits per heavy atom. The molecular formula is C23H29FN4O5. The fraction of sp³-hybridized carbons (Fsp3) is 0.565. The predicted octanol–water partition coefficient (Wildman–Crippen LogP) is 0.693. The lowest BCUT2D eigenvalue weighted by Crippen LogP contribution is -2.61. The van der Waals surface area contributed by atoms with Gasteiger partial charge in [0.25, 0.3) is 5.91 Å². The molecule has 0 saturated carbocycles. The summed E-state index contributed by atoms with van der Waals surface area (Å²) in [4.78, 5) is 53.4. The number of nitrogens with zero attached hydrogens (tertiary/aromatic N) is 2. The molecule has 2 saturated heterocycles. The first-order valence-electron chi connectivity index (χ1n) is 11.3. The van der Waals surface area contributed by atoms with Gasteiger partial charge in [-0.25, -0.2) is 4.39 Å². The van der Waals surface area contributed by atoms with Crippen molar-refractivity contribution in [1.82, 2.24) is 20.4 Å². The molecule has 9 nitrogen and oxygen atoms in total. The van der Waals surface area contributed by atoms with Crippen molar-refractivity contribution in [2.24, 2.45) is 0 Å². The summed E-state index contributed by atoms with van der Waals surface area (Å²) < 4.78 is 18.7. The van der Waals surface area contributed by atoms with Crippen LogP contribution in [0.5, 0.6) is 5.75 Å². The van der Waals surface area contributed by atoms with Crippen LogP contribution in [0.4, 0.5) is 4.39 Å². The lowest BCUT2D eigenvalue weighted by Gasteiger charge is -2.38. The van der Waals surface area contributed by atoms with E-state index in [0.717, 1.165) is 11.3 Å². The van der Waals surface area contributed by atoms with Crippen LogP contribution in [0.15, 0.2) is 24.3 Å². The molecule has 10 heteroatoms. The van der Waals surface area contributed by atoms with Crippen LogP contribution < -0.4 is 15.4 Å². The number of amides is 4. The van der Waals surface area contributed by atoms with Gasteiger partial charge in [0.05, 0.1) is 12.6 Å². The van der Waals surface area contributed by atoms with Gasteiger partial charge in [0.1, 0.15) is 17.8 Å². The summed E-state index contributed by atoms with van der Waals surface area (Å²) in [6.07, 6.45) is 2.16. The van der Waals surface area contributed by atoms with Gasteiger partial charge < -0.3 is 25.2 Å². The fourth-order valence-corrected chi connectivity index (χ4v) is 5.06. The van der Waals surface area contributed by atoms with E-state index in [1.807, 2.05) is 24.3 Å². The Labute approximate surface area is 191 Å². The van der Waals surface area contributed by atoms with Crippen LogP contribution in [0.1, 0.15) is 44.2 Å². The van der Waals surface area contributed by atoms with E-state index >= 15 is 0 Å². The first kappa shape index (κ1) is 23.0. The van der Waals surface area contributed by atoms with Gasteiger partial charge in [-0.1, -0.05) is 18.2 Å². The predicted molar refractivity (Wildman–Crippen MR) is 116 cm³/mol. The summed E-state index contributed by atoms with van der Waals surface area (Å²) >= 11 is 0. The number of rotatable bonds is 4. The summed E-state index contributed by atoms with van der Waals surface area (Å²) in [5.74, 6) is -1.07. The zero-order valence-corrected chi connectivity index (χ0v) is 18.6. The Morgan fingerprint density at radius 2 is 1.88 bits per heavy atom. The Balaban J connectivity index is 1.53. The highest BCUT2D eigenvalue weighted by Gasteiger charge is 2.45. The average molecular weight is 461 g/mol. The first-order valence-corrected chi connectivity index (χ1v) is 11.3. The monoisotopic (exact) mass is 460 g/mol. The van der Waals surface area contributed by atoms with Crippen LogP contribution in [0.25, 0.3) is 0 Å². The van der Waals surface area contributed by atoms with E-state index < -0.39 is 36.5 Å². The third-order valence-electron chi connectivity index (χ3n) is 6.61. The molecule has 0 aliphatic carbocycles. The molecule has 0 radical (unpaired) electrons. The molecule has 4 rings (SSSR count). The number of halogens is 1. The van der Waals surface area contributed by atoms with Crippen molar-refractivity contribution in [1.29, 1.82) is 0 Å². The summed E-state index contributed by atoms with van der Waals surface area (Å²) in [5, 5.41) is 5.66. The minimum Gasteiger partial charge on any atom is -0.493 e. The second kappa shape index (κ2) is 9.76. The smallest absolute Gasteiger partial charge is 0.254 e. The van der Waals surface area contributed by atoms with Crippen molar-refractivity contribution in [3.05, 3.63) is 29.8 Å². The second-order valence-corrected chi connectivity index (χ2v) is 8.74. The minimum absolute atomic E-state index is 0.119. The highest BCUT2D eigenvalue weighted by Crippen LogP contribution is 2.33. The van der Waals surface area contributed by atoms with Gasteiger partial charge in [-0.3, -0.25) is 19.2 Å². The van der Waals surface area contributed by atoms with Crippen LogP contribution in [0.3, 0.4) is 0 Å². The third kappa shape index (κ3) is 4.79. The van der Waals surface area contributed by atoms with E-state index in [9.17, 15) is 23.6 Å². The van der Waals surface area contributed by atoms with Crippen molar-refractivity contribution in [2.75, 3.05) is 26.4 Å². The average Bonchev–Trinajstić information content (AvgIpc) is 3.22. The quantitative estimate of drug-likeness (QED) is 0.688. The van der Waals surface area contributed by atoms with E-state index in [2.05, 4.69) is 10.6 Å². The maximum absolute atomic E-state index is 13.5. The largest absolute Gasteiger partial charge is 0.493 e. The number of ether oxygens (including phenoxy) is 1. The lowest BCUT2D eigenvalue weighted by molar-refractivity contribution is -0.147. The van der Waals surface area contributed by atoms with Gasteiger partial charge >= 0.3 is 0 Å². The molecule has 178 valence electrons. The molecule has 2 fully saturated rings. The zero-order chi connectivity index (χ0) is 23.5. The molecule has 1 aromatic rings. The SMILES string of the molecule is CC(=O)N[C@H]1CN(C(=O)CF)CC[C@H]2CC[C@@H](C(=O)N[C@@H]3CCOc4ccccc43)N2C1=O. The molecular weight excluding hydrogens is 431 g/mol. The van der Waals surface area contributed by atoms with Gasteiger partial charge in [-0.2, -0.15) is 0 Å². The maximum atomic E-state index is 13.5. The van der Waals surface area contributed by atoms with Gasteiger partial charge in [0, 0.05) is 38.0 Å². The highest BCUT2D eigenvalue weighted by atomic mass is 19.1. The van der Waals surface area contributed by atoms with Crippen LogP contribution >= 0.6 is 0 Å². The number of hydrogen-bond acceptors (Lipinski definition) is 5. The van der Waals surface area contributed by atoms with Crippen LogP contribution in [0, 0.1) is 0 Å². The molecule has 4 atom stereocenters. The third-order valence-corrected chi connectivity index (χ3v) is 6.61. The Morgan fingerprint density at radius 3 is 2.64 bits per heavy atom. The number of fused-ring (bicyclic) bond motifs is 2. The van der Waals surface area contributed by atoms with Gasteiger partial charge in [-0.15, -0.1) is 0 Å². The van der Waals surface area contributed by atoms with Crippen molar-refractivity contribution >= 4 is 23.6 Å². The number of hydrogen-bond donors (Lipinski definition) is 2. The molecule has 4 amide bonds. The Hall–Kier alpha value is -3.17. The minimum atomic E-state index is -1.16. The first-order chi connectivity index (χ1) is 15.9. The second-order valence-electron chi connectivity index (χ2n) is 8.74. The van der Waals surface area contributed by atoms with Crippen LogP contribution in [-0.2, 0) is 19.2 Å². The number of carbonyl (C=O) groups is 4. The molecule has 2 N–H and O–H groups in total. The van der Waals surface area contributed by atoms with E-state index in [1.54, 1.807) is 4.90 Å². The van der Waals surface area contributed by atoms with Gasteiger partial charge in [0.2, 0.25) is 17.7 Å². The molecule has 0 aromatic heterocycles. The lowest BCUT2D eigenvalue weighted by atomic mass is 10.00. The molecule has 3 aliphatic heterocycles. The zero-order valence-electron chi connectivity index (χ0n) is 18.6. The molecule has 0 unspecified atom stereocenters. The van der Waals surface area contributed by atoms with Crippen molar-refractivity contribution < 1.29 is 28.3 Å². The van der Waals surface area contributed by atoms with E-state index in [1.165, 1.54) is 11.8 Å². The van der Waals surface area contributed by atoms with E-state index in [-0.39, 0.29) is 31.1 Å². The normalized spacial score (nSPS) is 26.9. The van der Waals surface area contributed by atoms with E-state index in [0.29, 0.717) is 32.3 Å². The summed E-state index contributed by atoms with van der Waals surface area (Å²) in [6.45, 7) is 0.747. The number of carbonyl (C=O) groups excluding carboxylic acids is 4. The molecule has 0 bridgehead atoms. The number of para-hydroxylation sites is 1. The van der Waals surface area contributed by atoms with E-state index in [4.69, 9.17) is 4.74 Å². The molecule has 1 aromatic carbocycles. The Kier molecular flexibility index (Phi) is 6.80. The fourth-order valence-electron chi connectivity index (χ4n) is 5.06. The standard InChI is InChI=1S/C23H29FN4O5/c1-14(29)25-18-13-27(21(30)12-24)10-8-15-6-7-19(28(15)23(18)32)22(31)26-17-9-11-33-20-5-3-2-4-16(17)20/h2-5,15,17-19H,6-13H2,1H3,(H,25,29)(H,26,31)/t15-,17-,18+,19+/m1/s1. The van der Waals surface area contributed by atoms with Crippen molar-refractivity contribution in [3.63, 3.8) is 0 Å². The maximum Gasteiger partial charge on any atom is 0.254 e. The highest BCUT2D eigenvalue weighted by molar-refractivity contribution is 5.93. The number of alkyl halides is 1. The summed E-state index contributed by atoms with van der Waals surface area (Å²) in [6, 6.07) is 5.38. The van der Waals surface area contributed by atoms with Crippen LogP contribution in [0.2, 0.25) is 0 Å². The van der Waals surface area contributed by atoms with Crippen LogP contribution in [-0.4, -0.2) is 77.9 Å². The topological polar surface area (TPSA) is 108 Å². The molecule has 3 heterocycles. The molecule has 3 aliphatic rings.